The van der Waals surface area contributed by atoms with Crippen LogP contribution in [-0.2, 0) is 28.6 Å². The van der Waals surface area contributed by atoms with Crippen molar-refractivity contribution < 1.29 is 28.6 Å². The van der Waals surface area contributed by atoms with Crippen LogP contribution >= 0.6 is 0 Å². The van der Waals surface area contributed by atoms with E-state index in [-0.39, 0.29) is 17.9 Å². The van der Waals surface area contributed by atoms with Crippen LogP contribution in [0.15, 0.2) is 12.7 Å². The summed E-state index contributed by atoms with van der Waals surface area (Å²) in [5, 5.41) is 0. The highest BCUT2D eigenvalue weighted by molar-refractivity contribution is 5.83. The summed E-state index contributed by atoms with van der Waals surface area (Å²) in [6.07, 6.45) is 3.05. The average Bonchev–Trinajstić information content (AvgIpc) is 2.99. The number of hydrogen-bond acceptors (Lipinski definition) is 6. The third kappa shape index (κ3) is 2.94. The molecule has 0 spiro atoms. The van der Waals surface area contributed by atoms with E-state index in [2.05, 4.69) is 11.3 Å². The maximum absolute atomic E-state index is 11.6. The predicted molar refractivity (Wildman–Crippen MR) is 62.8 cm³/mol. The normalized spacial score (nSPS) is 31.6. The fourth-order valence-electron chi connectivity index (χ4n) is 2.98. The minimum absolute atomic E-state index is 0.231. The molecule has 0 aromatic rings. The van der Waals surface area contributed by atoms with Crippen LogP contribution < -0.4 is 0 Å². The lowest BCUT2D eigenvalue weighted by molar-refractivity contribution is -0.172. The van der Waals surface area contributed by atoms with Gasteiger partial charge in [-0.15, -0.1) is 0 Å². The van der Waals surface area contributed by atoms with Gasteiger partial charge in [0.05, 0.1) is 0 Å². The minimum Gasteiger partial charge on any atom is -0.460 e. The van der Waals surface area contributed by atoms with Gasteiger partial charge in [-0.25, -0.2) is 9.59 Å². The van der Waals surface area contributed by atoms with Gasteiger partial charge >= 0.3 is 11.9 Å². The molecule has 2 aliphatic rings. The molecule has 2 bridgehead atoms. The quantitative estimate of drug-likeness (QED) is 0.304. The molecule has 0 aromatic carbocycles. The van der Waals surface area contributed by atoms with E-state index in [1.807, 2.05) is 0 Å². The first-order chi connectivity index (χ1) is 9.15. The van der Waals surface area contributed by atoms with Crippen molar-refractivity contribution >= 4 is 18.4 Å². The molecule has 4 unspecified atom stereocenters. The summed E-state index contributed by atoms with van der Waals surface area (Å²) >= 11 is 0. The first kappa shape index (κ1) is 13.6. The highest BCUT2D eigenvalue weighted by atomic mass is 16.6. The zero-order valence-electron chi connectivity index (χ0n) is 10.4. The first-order valence-corrected chi connectivity index (χ1v) is 6.23. The maximum atomic E-state index is 11.6. The van der Waals surface area contributed by atoms with E-state index in [0.29, 0.717) is 6.47 Å². The molecular weight excluding hydrogens is 252 g/mol. The van der Waals surface area contributed by atoms with Gasteiger partial charge in [-0.1, -0.05) is 6.58 Å². The molecule has 6 nitrogen and oxygen atoms in total. The van der Waals surface area contributed by atoms with Crippen LogP contribution in [0.2, 0.25) is 0 Å². The Morgan fingerprint density at radius 2 is 1.89 bits per heavy atom. The fraction of sp³-hybridized carbons (Fsp3) is 0.615. The van der Waals surface area contributed by atoms with Gasteiger partial charge in [-0.3, -0.25) is 4.79 Å². The second-order valence-electron chi connectivity index (χ2n) is 4.80. The van der Waals surface area contributed by atoms with Gasteiger partial charge in [0.1, 0.15) is 12.2 Å². The molecule has 0 amide bonds. The molecule has 0 saturated heterocycles. The first-order valence-electron chi connectivity index (χ1n) is 6.23. The molecule has 2 saturated carbocycles. The Kier molecular flexibility index (Phi) is 4.19. The van der Waals surface area contributed by atoms with Gasteiger partial charge in [0, 0.05) is 17.9 Å². The number of esters is 2. The summed E-state index contributed by atoms with van der Waals surface area (Å²) in [6, 6.07) is 0. The van der Waals surface area contributed by atoms with E-state index in [4.69, 9.17) is 9.47 Å². The third-order valence-corrected chi connectivity index (χ3v) is 3.75. The van der Waals surface area contributed by atoms with Crippen molar-refractivity contribution in [2.75, 3.05) is 6.61 Å². The second kappa shape index (κ2) is 5.86. The summed E-state index contributed by atoms with van der Waals surface area (Å²) < 4.78 is 14.9. The molecule has 0 heterocycles. The van der Waals surface area contributed by atoms with Gasteiger partial charge in [0.15, 0.2) is 6.61 Å². The van der Waals surface area contributed by atoms with Crippen molar-refractivity contribution in [2.45, 2.75) is 31.5 Å². The highest BCUT2D eigenvalue weighted by Crippen LogP contribution is 2.47. The Hall–Kier alpha value is -1.85. The maximum Gasteiger partial charge on any atom is 0.344 e. The zero-order valence-corrected chi connectivity index (χ0v) is 10.4. The summed E-state index contributed by atoms with van der Waals surface area (Å²) in [5.41, 5.74) is 0. The molecule has 19 heavy (non-hydrogen) atoms. The molecule has 2 rings (SSSR count). The lowest BCUT2D eigenvalue weighted by Gasteiger charge is -2.28. The van der Waals surface area contributed by atoms with E-state index in [0.717, 1.165) is 25.3 Å². The number of hydrogen-bond donors (Lipinski definition) is 0. The lowest BCUT2D eigenvalue weighted by Crippen LogP contribution is -2.39. The molecule has 4 atom stereocenters. The number of rotatable bonds is 6. The Labute approximate surface area is 110 Å². The van der Waals surface area contributed by atoms with E-state index in [1.165, 1.54) is 0 Å². The smallest absolute Gasteiger partial charge is 0.344 e. The van der Waals surface area contributed by atoms with E-state index >= 15 is 0 Å². The molecule has 0 radical (unpaired) electrons. The van der Waals surface area contributed by atoms with Gasteiger partial charge in [-0.05, 0) is 19.3 Å². The van der Waals surface area contributed by atoms with Crippen molar-refractivity contribution in [3.05, 3.63) is 12.7 Å². The predicted octanol–water partition coefficient (Wildman–Crippen LogP) is 0.599. The number of carbonyl (C=O) groups excluding carboxylic acids is 3. The van der Waals surface area contributed by atoms with Crippen molar-refractivity contribution in [2.24, 2.45) is 11.8 Å². The Balaban J connectivity index is 1.86. The number of carbonyl (C=O) groups is 3. The molecule has 2 aliphatic carbocycles. The summed E-state index contributed by atoms with van der Waals surface area (Å²) in [6.45, 7) is 3.16. The van der Waals surface area contributed by atoms with E-state index < -0.39 is 24.6 Å². The van der Waals surface area contributed by atoms with E-state index in [9.17, 15) is 14.4 Å². The summed E-state index contributed by atoms with van der Waals surface area (Å²) in [7, 11) is 0. The second-order valence-corrected chi connectivity index (χ2v) is 4.80. The molecule has 6 heteroatoms. The Bertz CT molecular complexity index is 391. The third-order valence-electron chi connectivity index (χ3n) is 3.75. The van der Waals surface area contributed by atoms with Crippen LogP contribution in [0.5, 0.6) is 0 Å². The van der Waals surface area contributed by atoms with Gasteiger partial charge < -0.3 is 14.2 Å². The highest BCUT2D eigenvalue weighted by Gasteiger charge is 2.51. The van der Waals surface area contributed by atoms with Crippen molar-refractivity contribution in [1.29, 1.82) is 0 Å². The molecule has 2 fully saturated rings. The van der Waals surface area contributed by atoms with Gasteiger partial charge in [-0.2, -0.15) is 0 Å². The van der Waals surface area contributed by atoms with Gasteiger partial charge in [0.2, 0.25) is 0 Å². The zero-order chi connectivity index (χ0) is 13.8. The van der Waals surface area contributed by atoms with Crippen molar-refractivity contribution in [1.82, 2.24) is 0 Å². The number of ether oxygens (including phenoxy) is 3. The standard InChI is InChI=1S/C13H16O6/c1-2-10(15)17-6-11(16)19-13-9-4-3-8(5-9)12(13)18-7-14/h2,7-9,12-13H,1,3-6H2. The van der Waals surface area contributed by atoms with Crippen LogP contribution in [-0.4, -0.2) is 37.2 Å². The molecule has 0 aliphatic heterocycles. The van der Waals surface area contributed by atoms with Crippen LogP contribution in [0, 0.1) is 11.8 Å². The Morgan fingerprint density at radius 3 is 2.53 bits per heavy atom. The lowest BCUT2D eigenvalue weighted by atomic mass is 9.94. The van der Waals surface area contributed by atoms with Crippen molar-refractivity contribution in [3.8, 4) is 0 Å². The molecule has 0 aromatic heterocycles. The largest absolute Gasteiger partial charge is 0.460 e. The topological polar surface area (TPSA) is 78.9 Å². The average molecular weight is 268 g/mol. The van der Waals surface area contributed by atoms with Crippen molar-refractivity contribution in [3.63, 3.8) is 0 Å². The summed E-state index contributed by atoms with van der Waals surface area (Å²) in [5.74, 6) is -0.810. The molecule has 0 N–H and O–H groups in total. The fourth-order valence-corrected chi connectivity index (χ4v) is 2.98. The molecule has 104 valence electrons. The minimum atomic E-state index is -0.675. The van der Waals surface area contributed by atoms with Gasteiger partial charge in [0.25, 0.3) is 6.47 Å². The van der Waals surface area contributed by atoms with Crippen LogP contribution in [0.3, 0.4) is 0 Å². The van der Waals surface area contributed by atoms with Crippen LogP contribution in [0.1, 0.15) is 19.3 Å². The van der Waals surface area contributed by atoms with Crippen LogP contribution in [0.25, 0.3) is 0 Å². The van der Waals surface area contributed by atoms with Crippen LogP contribution in [0.4, 0.5) is 0 Å². The monoisotopic (exact) mass is 268 g/mol. The van der Waals surface area contributed by atoms with E-state index in [1.54, 1.807) is 0 Å². The summed E-state index contributed by atoms with van der Waals surface area (Å²) in [4.78, 5) is 32.9. The molecular formula is C13H16O6. The number of fused-ring (bicyclic) bond motifs is 2. The Morgan fingerprint density at radius 1 is 1.21 bits per heavy atom. The SMILES string of the molecule is C=CC(=O)OCC(=O)OC1C2CCC(C2)C1OC=O.